The normalized spacial score (nSPS) is 31.4. The molecule has 1 aliphatic carbocycles. The van der Waals surface area contributed by atoms with Gasteiger partial charge in [-0.3, -0.25) is 5.32 Å². The summed E-state index contributed by atoms with van der Waals surface area (Å²) in [5.74, 6) is 0.459. The standard InChI is InChI=1S/C14H26N2/c1-11(2)16-14(10-15)9-7-6-8-12(14)13(3,4)5/h11-12,16H,6-9H2,1-5H3. The Morgan fingerprint density at radius 2 is 1.94 bits per heavy atom. The van der Waals surface area contributed by atoms with Gasteiger partial charge in [0.2, 0.25) is 0 Å². The summed E-state index contributed by atoms with van der Waals surface area (Å²) in [5, 5.41) is 13.2. The highest BCUT2D eigenvalue weighted by Gasteiger charge is 2.46. The molecule has 16 heavy (non-hydrogen) atoms. The molecule has 0 aliphatic heterocycles. The van der Waals surface area contributed by atoms with Gasteiger partial charge in [0.05, 0.1) is 6.07 Å². The number of nitriles is 1. The summed E-state index contributed by atoms with van der Waals surface area (Å²) in [5.41, 5.74) is -0.0945. The van der Waals surface area contributed by atoms with Crippen LogP contribution in [0.15, 0.2) is 0 Å². The van der Waals surface area contributed by atoms with E-state index in [0.717, 1.165) is 6.42 Å². The van der Waals surface area contributed by atoms with E-state index in [1.807, 2.05) is 0 Å². The maximum absolute atomic E-state index is 9.61. The van der Waals surface area contributed by atoms with Crippen LogP contribution in [0.2, 0.25) is 0 Å². The Morgan fingerprint density at radius 3 is 2.38 bits per heavy atom. The van der Waals surface area contributed by atoms with Crippen LogP contribution in [-0.2, 0) is 0 Å². The minimum Gasteiger partial charge on any atom is -0.297 e. The fourth-order valence-electron chi connectivity index (χ4n) is 3.20. The predicted octanol–water partition coefficient (Wildman–Crippen LogP) is 3.48. The van der Waals surface area contributed by atoms with Crippen molar-refractivity contribution in [2.24, 2.45) is 11.3 Å². The van der Waals surface area contributed by atoms with Gasteiger partial charge in [-0.2, -0.15) is 5.26 Å². The molecule has 0 aromatic carbocycles. The summed E-state index contributed by atoms with van der Waals surface area (Å²) in [4.78, 5) is 0. The summed E-state index contributed by atoms with van der Waals surface area (Å²) in [6, 6.07) is 2.97. The molecule has 1 rings (SSSR count). The third kappa shape index (κ3) is 2.77. The highest BCUT2D eigenvalue weighted by atomic mass is 15.0. The van der Waals surface area contributed by atoms with Crippen molar-refractivity contribution in [2.75, 3.05) is 0 Å². The van der Waals surface area contributed by atoms with Crippen LogP contribution in [0.25, 0.3) is 0 Å². The largest absolute Gasteiger partial charge is 0.297 e. The number of hydrogen-bond acceptors (Lipinski definition) is 2. The molecule has 0 heterocycles. The van der Waals surface area contributed by atoms with Gasteiger partial charge in [0, 0.05) is 6.04 Å². The first kappa shape index (κ1) is 13.5. The van der Waals surface area contributed by atoms with E-state index in [1.165, 1.54) is 19.3 Å². The van der Waals surface area contributed by atoms with E-state index in [4.69, 9.17) is 0 Å². The van der Waals surface area contributed by atoms with E-state index in [1.54, 1.807) is 0 Å². The summed E-state index contributed by atoms with van der Waals surface area (Å²) in [6.45, 7) is 11.0. The lowest BCUT2D eigenvalue weighted by molar-refractivity contribution is 0.0822. The van der Waals surface area contributed by atoms with E-state index >= 15 is 0 Å². The van der Waals surface area contributed by atoms with Crippen LogP contribution in [0.5, 0.6) is 0 Å². The lowest BCUT2D eigenvalue weighted by Crippen LogP contribution is -2.57. The second-order valence-corrected chi connectivity index (χ2v) is 6.55. The maximum atomic E-state index is 9.61. The third-order valence-corrected chi connectivity index (χ3v) is 3.70. The molecule has 1 aliphatic rings. The van der Waals surface area contributed by atoms with Crippen LogP contribution in [-0.4, -0.2) is 11.6 Å². The van der Waals surface area contributed by atoms with Crippen molar-refractivity contribution in [1.82, 2.24) is 5.32 Å². The van der Waals surface area contributed by atoms with Crippen LogP contribution < -0.4 is 5.32 Å². The minimum absolute atomic E-state index is 0.206. The monoisotopic (exact) mass is 222 g/mol. The summed E-state index contributed by atoms with van der Waals surface area (Å²) in [7, 11) is 0. The van der Waals surface area contributed by atoms with Gasteiger partial charge in [-0.1, -0.05) is 33.6 Å². The van der Waals surface area contributed by atoms with Gasteiger partial charge >= 0.3 is 0 Å². The number of hydrogen-bond donors (Lipinski definition) is 1. The average molecular weight is 222 g/mol. The van der Waals surface area contributed by atoms with Crippen molar-refractivity contribution in [1.29, 1.82) is 5.26 Å². The van der Waals surface area contributed by atoms with E-state index in [0.29, 0.717) is 12.0 Å². The zero-order valence-corrected chi connectivity index (χ0v) is 11.4. The van der Waals surface area contributed by atoms with Crippen LogP contribution >= 0.6 is 0 Å². The second kappa shape index (κ2) is 4.75. The zero-order chi connectivity index (χ0) is 12.4. The lowest BCUT2D eigenvalue weighted by atomic mass is 9.62. The molecule has 92 valence electrons. The molecule has 0 bridgehead atoms. The molecule has 0 radical (unpaired) electrons. The van der Waals surface area contributed by atoms with Crippen molar-refractivity contribution in [2.45, 2.75) is 71.9 Å². The quantitative estimate of drug-likeness (QED) is 0.776. The fraction of sp³-hybridized carbons (Fsp3) is 0.929. The van der Waals surface area contributed by atoms with E-state index in [9.17, 15) is 5.26 Å². The maximum Gasteiger partial charge on any atom is 0.110 e. The van der Waals surface area contributed by atoms with E-state index in [-0.39, 0.29) is 11.0 Å². The summed E-state index contributed by atoms with van der Waals surface area (Å²) in [6.07, 6.45) is 4.63. The van der Waals surface area contributed by atoms with Crippen LogP contribution in [0, 0.1) is 22.7 Å². The van der Waals surface area contributed by atoms with Gasteiger partial charge in [0.15, 0.2) is 0 Å². The predicted molar refractivity (Wildman–Crippen MR) is 68.0 cm³/mol. The Kier molecular flexibility index (Phi) is 4.02. The molecule has 0 aromatic heterocycles. The Morgan fingerprint density at radius 1 is 1.31 bits per heavy atom. The Balaban J connectivity index is 2.98. The van der Waals surface area contributed by atoms with E-state index in [2.05, 4.69) is 46.0 Å². The minimum atomic E-state index is -0.301. The van der Waals surface area contributed by atoms with Crippen molar-refractivity contribution >= 4 is 0 Å². The van der Waals surface area contributed by atoms with Gasteiger partial charge in [-0.05, 0) is 38.0 Å². The molecule has 1 saturated carbocycles. The Bertz CT molecular complexity index is 269. The number of rotatable bonds is 2. The average Bonchev–Trinajstić information content (AvgIpc) is 2.15. The first-order chi connectivity index (χ1) is 7.32. The first-order valence-corrected chi connectivity index (χ1v) is 6.51. The second-order valence-electron chi connectivity index (χ2n) is 6.55. The van der Waals surface area contributed by atoms with Gasteiger partial charge in [-0.15, -0.1) is 0 Å². The van der Waals surface area contributed by atoms with Crippen molar-refractivity contribution < 1.29 is 0 Å². The molecule has 0 saturated heterocycles. The van der Waals surface area contributed by atoms with Gasteiger partial charge < -0.3 is 0 Å². The molecule has 1 N–H and O–H groups in total. The third-order valence-electron chi connectivity index (χ3n) is 3.70. The molecule has 1 fully saturated rings. The molecule has 2 heteroatoms. The van der Waals surface area contributed by atoms with Crippen LogP contribution in [0.1, 0.15) is 60.3 Å². The molecule has 0 spiro atoms. The van der Waals surface area contributed by atoms with Crippen LogP contribution in [0.4, 0.5) is 0 Å². The first-order valence-electron chi connectivity index (χ1n) is 6.51. The SMILES string of the molecule is CC(C)NC1(C#N)CCCCC1C(C)(C)C. The highest BCUT2D eigenvalue weighted by Crippen LogP contribution is 2.44. The van der Waals surface area contributed by atoms with Gasteiger partial charge in [0.1, 0.15) is 5.54 Å². The van der Waals surface area contributed by atoms with Gasteiger partial charge in [-0.25, -0.2) is 0 Å². The van der Waals surface area contributed by atoms with E-state index < -0.39 is 0 Å². The van der Waals surface area contributed by atoms with Crippen LogP contribution in [0.3, 0.4) is 0 Å². The Labute approximate surface area is 100 Å². The lowest BCUT2D eigenvalue weighted by Gasteiger charge is -2.47. The molecule has 2 nitrogen and oxygen atoms in total. The molecular formula is C14H26N2. The van der Waals surface area contributed by atoms with Crippen molar-refractivity contribution in [3.8, 4) is 6.07 Å². The topological polar surface area (TPSA) is 35.8 Å². The summed E-state index contributed by atoms with van der Waals surface area (Å²) < 4.78 is 0. The van der Waals surface area contributed by atoms with Gasteiger partial charge in [0.25, 0.3) is 0 Å². The van der Waals surface area contributed by atoms with Crippen molar-refractivity contribution in [3.05, 3.63) is 0 Å². The number of nitrogens with zero attached hydrogens (tertiary/aromatic N) is 1. The highest BCUT2D eigenvalue weighted by molar-refractivity contribution is 5.15. The zero-order valence-electron chi connectivity index (χ0n) is 11.4. The molecule has 0 aromatic rings. The summed E-state index contributed by atoms with van der Waals surface area (Å²) >= 11 is 0. The fourth-order valence-corrected chi connectivity index (χ4v) is 3.20. The smallest absolute Gasteiger partial charge is 0.110 e. The molecule has 0 amide bonds. The molecular weight excluding hydrogens is 196 g/mol. The Hall–Kier alpha value is -0.550. The molecule has 2 atom stereocenters. The molecule has 2 unspecified atom stereocenters. The van der Waals surface area contributed by atoms with Crippen molar-refractivity contribution in [3.63, 3.8) is 0 Å². The number of nitrogens with one attached hydrogen (secondary N) is 1.